The smallest absolute Gasteiger partial charge is 0.264 e. The maximum atomic E-state index is 12.3. The molecule has 2 aromatic carbocycles. The Hall–Kier alpha value is -2.22. The molecule has 1 amide bonds. The molecule has 1 saturated heterocycles. The Labute approximate surface area is 158 Å². The van der Waals surface area contributed by atoms with E-state index in [-0.39, 0.29) is 5.91 Å². The van der Waals surface area contributed by atoms with Crippen molar-refractivity contribution in [2.75, 3.05) is 12.9 Å². The highest BCUT2D eigenvalue weighted by Crippen LogP contribution is 2.32. The number of carbonyl (C=O) groups is 1. The number of para-hydroxylation sites is 1. The van der Waals surface area contributed by atoms with Gasteiger partial charge in [0.25, 0.3) is 5.91 Å². The van der Waals surface area contributed by atoms with E-state index in [4.69, 9.17) is 4.74 Å². The highest BCUT2D eigenvalue weighted by atomic mass is 32.2. The molecule has 1 fully saturated rings. The van der Waals surface area contributed by atoms with Gasteiger partial charge in [-0.25, -0.2) is 4.99 Å². The number of nitrogens with one attached hydrogen (secondary N) is 1. The van der Waals surface area contributed by atoms with Crippen LogP contribution < -0.4 is 10.1 Å². The van der Waals surface area contributed by atoms with Crippen LogP contribution in [-0.2, 0) is 22.4 Å². The Morgan fingerprint density at radius 1 is 1.31 bits per heavy atom. The SMILES string of the molecule is C[S+]([O-])c1ccccc1/N=C1/NC(=O)/C(=C/c2ccc3c(c2)CCO3)S1. The van der Waals surface area contributed by atoms with Gasteiger partial charge in [0, 0.05) is 6.42 Å². The summed E-state index contributed by atoms with van der Waals surface area (Å²) in [4.78, 5) is 18.0. The van der Waals surface area contributed by atoms with Gasteiger partial charge in [-0.3, -0.25) is 4.79 Å². The summed E-state index contributed by atoms with van der Waals surface area (Å²) in [7, 11) is 0. The van der Waals surface area contributed by atoms with E-state index in [0.717, 1.165) is 23.3 Å². The highest BCUT2D eigenvalue weighted by molar-refractivity contribution is 8.18. The number of hydrogen-bond acceptors (Lipinski definition) is 5. The van der Waals surface area contributed by atoms with Crippen LogP contribution in [0.3, 0.4) is 0 Å². The number of hydrogen-bond donors (Lipinski definition) is 1. The summed E-state index contributed by atoms with van der Waals surface area (Å²) in [6.07, 6.45) is 4.36. The Balaban J connectivity index is 1.59. The first-order chi connectivity index (χ1) is 12.6. The first-order valence-electron chi connectivity index (χ1n) is 8.08. The normalized spacial score (nSPS) is 20.2. The van der Waals surface area contributed by atoms with Crippen LogP contribution in [-0.4, -0.2) is 28.5 Å². The van der Waals surface area contributed by atoms with Gasteiger partial charge in [0.05, 0.1) is 11.5 Å². The van der Waals surface area contributed by atoms with Gasteiger partial charge in [-0.1, -0.05) is 18.2 Å². The summed E-state index contributed by atoms with van der Waals surface area (Å²) in [6.45, 7) is 0.708. The minimum atomic E-state index is -1.15. The molecule has 0 radical (unpaired) electrons. The number of amides is 1. The third-order valence-corrected chi connectivity index (χ3v) is 5.93. The molecular weight excluding hydrogens is 368 g/mol. The topological polar surface area (TPSA) is 73.8 Å². The second-order valence-corrected chi connectivity index (χ2v) is 8.25. The van der Waals surface area contributed by atoms with Crippen molar-refractivity contribution in [2.24, 2.45) is 4.99 Å². The van der Waals surface area contributed by atoms with E-state index < -0.39 is 11.2 Å². The summed E-state index contributed by atoms with van der Waals surface area (Å²) < 4.78 is 17.3. The number of carbonyl (C=O) groups excluding carboxylic acids is 1. The van der Waals surface area contributed by atoms with Crippen LogP contribution in [0.25, 0.3) is 6.08 Å². The molecule has 0 aliphatic carbocycles. The van der Waals surface area contributed by atoms with Crippen LogP contribution in [0, 0.1) is 0 Å². The number of ether oxygens (including phenoxy) is 1. The molecule has 2 aliphatic heterocycles. The molecule has 1 atom stereocenters. The summed E-state index contributed by atoms with van der Waals surface area (Å²) in [6, 6.07) is 13.2. The number of fused-ring (bicyclic) bond motifs is 1. The Morgan fingerprint density at radius 3 is 3.00 bits per heavy atom. The standard InChI is InChI=1S/C19H16N2O3S2/c1-26(23)17-5-3-2-4-14(17)20-19-21-18(22)16(25-19)11-12-6-7-15-13(10-12)8-9-24-15/h2-7,10-11H,8-9H2,1H3,(H,20,21,22)/b16-11-. The van der Waals surface area contributed by atoms with Crippen molar-refractivity contribution in [3.05, 3.63) is 58.5 Å². The summed E-state index contributed by atoms with van der Waals surface area (Å²) in [5.74, 6) is 0.739. The largest absolute Gasteiger partial charge is 0.612 e. The molecular formula is C19H16N2O3S2. The van der Waals surface area contributed by atoms with Crippen molar-refractivity contribution < 1.29 is 14.1 Å². The predicted octanol–water partition coefficient (Wildman–Crippen LogP) is 3.25. The van der Waals surface area contributed by atoms with E-state index in [1.165, 1.54) is 11.8 Å². The van der Waals surface area contributed by atoms with Crippen molar-refractivity contribution in [3.8, 4) is 5.75 Å². The van der Waals surface area contributed by atoms with Gasteiger partial charge < -0.3 is 14.6 Å². The fourth-order valence-corrected chi connectivity index (χ4v) is 4.34. The number of thioether (sulfide) groups is 1. The van der Waals surface area contributed by atoms with Crippen LogP contribution in [0.5, 0.6) is 5.75 Å². The average molecular weight is 384 g/mol. The first-order valence-corrected chi connectivity index (χ1v) is 10.5. The molecule has 7 heteroatoms. The van der Waals surface area contributed by atoms with Crippen LogP contribution in [0.2, 0.25) is 0 Å². The molecule has 1 N–H and O–H groups in total. The van der Waals surface area contributed by atoms with Gasteiger partial charge >= 0.3 is 0 Å². The number of benzene rings is 2. The lowest BCUT2D eigenvalue weighted by atomic mass is 10.1. The van der Waals surface area contributed by atoms with Crippen molar-refractivity contribution >= 4 is 45.8 Å². The Bertz CT molecular complexity index is 938. The van der Waals surface area contributed by atoms with E-state index in [2.05, 4.69) is 10.3 Å². The Kier molecular flexibility index (Phi) is 4.76. The molecule has 4 rings (SSSR count). The van der Waals surface area contributed by atoms with Crippen LogP contribution in [0.4, 0.5) is 5.69 Å². The number of rotatable bonds is 3. The number of aliphatic imine (C=N–C) groups is 1. The zero-order valence-electron chi connectivity index (χ0n) is 14.0. The quantitative estimate of drug-likeness (QED) is 0.651. The summed E-state index contributed by atoms with van der Waals surface area (Å²) in [5.41, 5.74) is 2.73. The van der Waals surface area contributed by atoms with Gasteiger partial charge in [-0.2, -0.15) is 0 Å². The fraction of sp³-hybridized carbons (Fsp3) is 0.158. The van der Waals surface area contributed by atoms with Crippen LogP contribution >= 0.6 is 11.8 Å². The van der Waals surface area contributed by atoms with Gasteiger partial charge in [0.2, 0.25) is 0 Å². The van der Waals surface area contributed by atoms with Gasteiger partial charge in [0.15, 0.2) is 10.1 Å². The molecule has 2 aromatic rings. The van der Waals surface area contributed by atoms with Gasteiger partial charge in [-0.15, -0.1) is 0 Å². The minimum Gasteiger partial charge on any atom is -0.612 e. The zero-order chi connectivity index (χ0) is 18.1. The van der Waals surface area contributed by atoms with Crippen LogP contribution in [0.15, 0.2) is 57.3 Å². The van der Waals surface area contributed by atoms with E-state index in [1.54, 1.807) is 18.4 Å². The molecule has 0 saturated carbocycles. The maximum absolute atomic E-state index is 12.3. The van der Waals surface area contributed by atoms with Gasteiger partial charge in [-0.05, 0) is 64.4 Å². The molecule has 2 aliphatic rings. The fourth-order valence-electron chi connectivity index (χ4n) is 2.83. The van der Waals surface area contributed by atoms with Crippen LogP contribution in [0.1, 0.15) is 11.1 Å². The molecule has 0 bridgehead atoms. The lowest BCUT2D eigenvalue weighted by molar-refractivity contribution is -0.115. The van der Waals surface area contributed by atoms with E-state index in [1.807, 2.05) is 36.4 Å². The molecule has 2 heterocycles. The van der Waals surface area contributed by atoms with E-state index >= 15 is 0 Å². The van der Waals surface area contributed by atoms with Gasteiger partial charge in [0.1, 0.15) is 17.7 Å². The average Bonchev–Trinajstić information content (AvgIpc) is 3.21. The second-order valence-electron chi connectivity index (χ2n) is 5.87. The van der Waals surface area contributed by atoms with E-state index in [0.29, 0.717) is 27.3 Å². The minimum absolute atomic E-state index is 0.180. The second kappa shape index (κ2) is 7.19. The molecule has 0 aromatic heterocycles. The summed E-state index contributed by atoms with van der Waals surface area (Å²) >= 11 is 0.137. The van der Waals surface area contributed by atoms with Crippen molar-refractivity contribution in [3.63, 3.8) is 0 Å². The lowest BCUT2D eigenvalue weighted by Crippen LogP contribution is -2.19. The Morgan fingerprint density at radius 2 is 2.15 bits per heavy atom. The molecule has 132 valence electrons. The van der Waals surface area contributed by atoms with Crippen molar-refractivity contribution in [1.29, 1.82) is 0 Å². The third kappa shape index (κ3) is 3.51. The number of nitrogens with zero attached hydrogens (tertiary/aromatic N) is 1. The molecule has 1 unspecified atom stereocenters. The van der Waals surface area contributed by atoms with E-state index in [9.17, 15) is 9.35 Å². The van der Waals surface area contributed by atoms with Crippen molar-refractivity contribution in [2.45, 2.75) is 11.3 Å². The first kappa shape index (κ1) is 17.2. The molecule has 26 heavy (non-hydrogen) atoms. The molecule has 5 nitrogen and oxygen atoms in total. The predicted molar refractivity (Wildman–Crippen MR) is 105 cm³/mol. The van der Waals surface area contributed by atoms with Crippen molar-refractivity contribution in [1.82, 2.24) is 5.32 Å². The third-order valence-electron chi connectivity index (χ3n) is 4.06. The lowest BCUT2D eigenvalue weighted by Gasteiger charge is -2.06. The molecule has 0 spiro atoms. The number of amidine groups is 1. The summed E-state index contributed by atoms with van der Waals surface area (Å²) in [5, 5.41) is 3.26. The zero-order valence-corrected chi connectivity index (χ0v) is 15.7. The maximum Gasteiger partial charge on any atom is 0.264 e. The highest BCUT2D eigenvalue weighted by Gasteiger charge is 2.25. The monoisotopic (exact) mass is 384 g/mol.